The van der Waals surface area contributed by atoms with Crippen LogP contribution in [0.2, 0.25) is 0 Å². The summed E-state index contributed by atoms with van der Waals surface area (Å²) in [5, 5.41) is 22.8. The lowest BCUT2D eigenvalue weighted by atomic mass is 10.0. The summed E-state index contributed by atoms with van der Waals surface area (Å²) in [6.45, 7) is 4.26. The molecule has 0 rings (SSSR count). The molecule has 0 aromatic heterocycles. The Morgan fingerprint density at radius 3 is 1.23 bits per heavy atom. The Labute approximate surface area is 300 Å². The van der Waals surface area contributed by atoms with Crippen molar-refractivity contribution in [2.45, 2.75) is 231 Å². The maximum absolute atomic E-state index is 12.3. The van der Waals surface area contributed by atoms with E-state index in [4.69, 9.17) is 0 Å². The van der Waals surface area contributed by atoms with E-state index in [1.807, 2.05) is 6.08 Å². The second-order valence-corrected chi connectivity index (χ2v) is 14.4. The zero-order valence-electron chi connectivity index (χ0n) is 32.3. The normalized spacial score (nSPS) is 13.3. The van der Waals surface area contributed by atoms with Gasteiger partial charge in [-0.25, -0.2) is 0 Å². The summed E-state index contributed by atoms with van der Waals surface area (Å²) in [7, 11) is 0. The molecule has 2 atom stereocenters. The molecule has 0 spiro atoms. The molecule has 0 saturated heterocycles. The summed E-state index contributed by atoms with van der Waals surface area (Å²) < 4.78 is 0. The van der Waals surface area contributed by atoms with Crippen molar-refractivity contribution in [1.82, 2.24) is 5.32 Å². The van der Waals surface area contributed by atoms with Crippen molar-refractivity contribution in [2.75, 3.05) is 6.61 Å². The number of rotatable bonds is 38. The molecule has 1 amide bonds. The lowest BCUT2D eigenvalue weighted by Gasteiger charge is -2.19. The summed E-state index contributed by atoms with van der Waals surface area (Å²) >= 11 is 0. The molecule has 0 radical (unpaired) electrons. The number of hydrogen-bond acceptors (Lipinski definition) is 3. The van der Waals surface area contributed by atoms with Crippen LogP contribution in [0.3, 0.4) is 0 Å². The fraction of sp³-hybridized carbons (Fsp3) is 0.841. The van der Waals surface area contributed by atoms with E-state index in [2.05, 4.69) is 43.5 Å². The largest absolute Gasteiger partial charge is 0.394 e. The van der Waals surface area contributed by atoms with E-state index >= 15 is 0 Å². The third kappa shape index (κ3) is 35.9. The van der Waals surface area contributed by atoms with Gasteiger partial charge in [0.2, 0.25) is 5.91 Å². The topological polar surface area (TPSA) is 69.6 Å². The van der Waals surface area contributed by atoms with Gasteiger partial charge in [-0.2, -0.15) is 0 Å². The van der Waals surface area contributed by atoms with Crippen molar-refractivity contribution in [2.24, 2.45) is 0 Å². The van der Waals surface area contributed by atoms with Crippen LogP contribution in [0, 0.1) is 0 Å². The highest BCUT2D eigenvalue weighted by Crippen LogP contribution is 2.14. The molecular weight excluding hydrogens is 590 g/mol. The Hall–Kier alpha value is -1.39. The van der Waals surface area contributed by atoms with Gasteiger partial charge in [0.05, 0.1) is 18.8 Å². The number of carbonyl (C=O) groups is 1. The average molecular weight is 674 g/mol. The highest BCUT2D eigenvalue weighted by molar-refractivity contribution is 5.76. The quantitative estimate of drug-likeness (QED) is 0.0451. The Kier molecular flexibility index (Phi) is 38.9. The van der Waals surface area contributed by atoms with Crippen molar-refractivity contribution < 1.29 is 15.0 Å². The molecule has 0 aliphatic carbocycles. The van der Waals surface area contributed by atoms with Crippen molar-refractivity contribution in [1.29, 1.82) is 0 Å². The molecule has 0 saturated carbocycles. The third-order valence-electron chi connectivity index (χ3n) is 9.60. The highest BCUT2D eigenvalue weighted by atomic mass is 16.3. The summed E-state index contributed by atoms with van der Waals surface area (Å²) in [5.41, 5.74) is 0. The predicted molar refractivity (Wildman–Crippen MR) is 212 cm³/mol. The number of amides is 1. The number of nitrogens with one attached hydrogen (secondary N) is 1. The van der Waals surface area contributed by atoms with Gasteiger partial charge in [-0.05, 0) is 57.8 Å². The number of carbonyl (C=O) groups excluding carboxylic acids is 1. The minimum atomic E-state index is -0.859. The summed E-state index contributed by atoms with van der Waals surface area (Å²) in [4.78, 5) is 12.3. The van der Waals surface area contributed by atoms with Gasteiger partial charge < -0.3 is 15.5 Å². The first-order valence-electron chi connectivity index (χ1n) is 21.2. The van der Waals surface area contributed by atoms with Gasteiger partial charge in [0.15, 0.2) is 0 Å². The lowest BCUT2D eigenvalue weighted by Crippen LogP contribution is -2.45. The first-order chi connectivity index (χ1) is 23.7. The number of allylic oxidation sites excluding steroid dienone is 5. The highest BCUT2D eigenvalue weighted by Gasteiger charge is 2.17. The molecule has 4 nitrogen and oxygen atoms in total. The average Bonchev–Trinajstić information content (AvgIpc) is 3.09. The SMILES string of the molecule is CCCCCC/C=C/CC/C=C/C(O)C(CO)NC(=O)CCCCCCCCCCCC/C=C\CCCCCCCCCCCCCC. The molecule has 4 heteroatoms. The number of aliphatic hydroxyl groups excluding tert-OH is 2. The molecule has 0 bridgehead atoms. The van der Waals surface area contributed by atoms with E-state index in [1.54, 1.807) is 6.08 Å². The zero-order valence-corrected chi connectivity index (χ0v) is 32.3. The van der Waals surface area contributed by atoms with E-state index in [0.29, 0.717) is 6.42 Å². The first kappa shape index (κ1) is 46.6. The molecule has 0 fully saturated rings. The molecule has 2 unspecified atom stereocenters. The Morgan fingerprint density at radius 1 is 0.479 bits per heavy atom. The van der Waals surface area contributed by atoms with Crippen LogP contribution in [-0.4, -0.2) is 34.9 Å². The second-order valence-electron chi connectivity index (χ2n) is 14.4. The van der Waals surface area contributed by atoms with Crippen LogP contribution in [0.15, 0.2) is 36.5 Å². The minimum Gasteiger partial charge on any atom is -0.394 e. The monoisotopic (exact) mass is 674 g/mol. The Morgan fingerprint density at radius 2 is 0.812 bits per heavy atom. The van der Waals surface area contributed by atoms with Gasteiger partial charge in [-0.15, -0.1) is 0 Å². The van der Waals surface area contributed by atoms with E-state index in [0.717, 1.165) is 32.1 Å². The predicted octanol–water partition coefficient (Wildman–Crippen LogP) is 13.0. The maximum Gasteiger partial charge on any atom is 0.220 e. The molecular formula is C44H83NO3. The molecule has 0 aromatic carbocycles. The smallest absolute Gasteiger partial charge is 0.220 e. The van der Waals surface area contributed by atoms with E-state index in [1.165, 1.54) is 167 Å². The molecule has 282 valence electrons. The van der Waals surface area contributed by atoms with Crippen molar-refractivity contribution in [3.8, 4) is 0 Å². The Balaban J connectivity index is 3.50. The number of unbranched alkanes of at least 4 members (excludes halogenated alkanes) is 27. The summed E-state index contributed by atoms with van der Waals surface area (Å²) in [6.07, 6.45) is 52.6. The minimum absolute atomic E-state index is 0.0771. The molecule has 0 aliphatic heterocycles. The molecule has 0 aromatic rings. The second kappa shape index (κ2) is 40.0. The van der Waals surface area contributed by atoms with Crippen LogP contribution < -0.4 is 5.32 Å². The van der Waals surface area contributed by atoms with E-state index < -0.39 is 12.1 Å². The van der Waals surface area contributed by atoms with Gasteiger partial charge in [-0.1, -0.05) is 192 Å². The standard InChI is InChI=1S/C44H83NO3/c1-3-5-7-9-11-13-15-16-17-18-19-20-21-22-23-24-25-26-27-28-29-30-32-34-36-38-40-44(48)45-42(41-46)43(47)39-37-35-33-31-14-12-10-8-6-4-2/h14,22-23,31,37,39,42-43,46-47H,3-13,15-21,24-30,32-36,38,40-41H2,1-2H3,(H,45,48)/b23-22-,31-14+,39-37+. The third-order valence-corrected chi connectivity index (χ3v) is 9.60. The number of aliphatic hydroxyl groups is 2. The van der Waals surface area contributed by atoms with Gasteiger partial charge in [0.1, 0.15) is 0 Å². The van der Waals surface area contributed by atoms with E-state index in [9.17, 15) is 15.0 Å². The molecule has 3 N–H and O–H groups in total. The molecule has 0 heterocycles. The maximum atomic E-state index is 12.3. The van der Waals surface area contributed by atoms with Crippen LogP contribution in [-0.2, 0) is 4.79 Å². The first-order valence-corrected chi connectivity index (χ1v) is 21.2. The van der Waals surface area contributed by atoms with Crippen LogP contribution >= 0.6 is 0 Å². The number of hydrogen-bond donors (Lipinski definition) is 3. The summed E-state index contributed by atoms with van der Waals surface area (Å²) in [6, 6.07) is -0.636. The Bertz CT molecular complexity index is 731. The van der Waals surface area contributed by atoms with Crippen molar-refractivity contribution in [3.05, 3.63) is 36.5 Å². The van der Waals surface area contributed by atoms with Gasteiger partial charge in [0, 0.05) is 6.42 Å². The van der Waals surface area contributed by atoms with Gasteiger partial charge in [-0.3, -0.25) is 4.79 Å². The summed E-state index contributed by atoms with van der Waals surface area (Å²) in [5.74, 6) is -0.0771. The fourth-order valence-electron chi connectivity index (χ4n) is 6.31. The lowest BCUT2D eigenvalue weighted by molar-refractivity contribution is -0.123. The van der Waals surface area contributed by atoms with E-state index in [-0.39, 0.29) is 12.5 Å². The van der Waals surface area contributed by atoms with Crippen molar-refractivity contribution in [3.63, 3.8) is 0 Å². The fourth-order valence-corrected chi connectivity index (χ4v) is 6.31. The van der Waals surface area contributed by atoms with Crippen LogP contribution in [0.1, 0.15) is 219 Å². The van der Waals surface area contributed by atoms with Crippen LogP contribution in [0.5, 0.6) is 0 Å². The van der Waals surface area contributed by atoms with Crippen LogP contribution in [0.4, 0.5) is 0 Å². The van der Waals surface area contributed by atoms with Gasteiger partial charge >= 0.3 is 0 Å². The zero-order chi connectivity index (χ0) is 35.0. The molecule has 48 heavy (non-hydrogen) atoms. The van der Waals surface area contributed by atoms with Gasteiger partial charge in [0.25, 0.3) is 0 Å². The van der Waals surface area contributed by atoms with Crippen molar-refractivity contribution >= 4 is 5.91 Å². The van der Waals surface area contributed by atoms with Crippen LogP contribution in [0.25, 0.3) is 0 Å². The molecule has 0 aliphatic rings.